The molecule has 0 saturated carbocycles. The molecule has 38 heavy (non-hydrogen) atoms. The number of hydrogen-bond donors (Lipinski definition) is 5. The number of nitrogens with two attached hydrogens (primary N) is 2. The summed E-state index contributed by atoms with van der Waals surface area (Å²) in [6, 6.07) is -0.826. The molecule has 4 aliphatic rings. The molecule has 0 unspecified atom stereocenters. The summed E-state index contributed by atoms with van der Waals surface area (Å²) in [6.45, 7) is 5.65. The van der Waals surface area contributed by atoms with Gasteiger partial charge in [0.05, 0.1) is 43.7 Å². The maximum absolute atomic E-state index is 13.4. The van der Waals surface area contributed by atoms with E-state index < -0.39 is 35.8 Å². The zero-order chi connectivity index (χ0) is 27.9. The fourth-order valence-corrected chi connectivity index (χ4v) is 7.95. The van der Waals surface area contributed by atoms with Crippen LogP contribution in [0.2, 0.25) is 0 Å². The third-order valence-corrected chi connectivity index (χ3v) is 9.70. The molecule has 4 rings (SSSR count). The minimum absolute atomic E-state index is 0.0129. The minimum Gasteiger partial charge on any atom is -0.477 e. The smallest absolute Gasteiger partial charge is 0.353 e. The molecule has 0 aliphatic carbocycles. The number of nitrogens with zero attached hydrogens (tertiary/aromatic N) is 3. The van der Waals surface area contributed by atoms with Gasteiger partial charge in [-0.05, 0) is 13.3 Å². The summed E-state index contributed by atoms with van der Waals surface area (Å²) in [5.74, 6) is -3.51. The molecule has 3 saturated heterocycles. The maximum Gasteiger partial charge on any atom is 0.353 e. The quantitative estimate of drug-likeness (QED) is 0.153. The summed E-state index contributed by atoms with van der Waals surface area (Å²) < 4.78 is 0.138. The second-order valence-electron chi connectivity index (χ2n) is 10.9. The average Bonchev–Trinajstić information content (AvgIpc) is 3.29. The van der Waals surface area contributed by atoms with Gasteiger partial charge in [-0.3, -0.25) is 19.2 Å². The number of aliphatic hydroxyl groups is 1. The monoisotopic (exact) mass is 553 g/mol. The molecule has 4 heterocycles. The first kappa shape index (κ1) is 28.3. The molecule has 0 radical (unpaired) electrons. The average molecular weight is 554 g/mol. The Morgan fingerprint density at radius 1 is 1.16 bits per heavy atom. The van der Waals surface area contributed by atoms with Gasteiger partial charge in [-0.1, -0.05) is 6.92 Å². The Hall–Kier alpha value is -2.68. The van der Waals surface area contributed by atoms with E-state index in [2.05, 4.69) is 5.32 Å². The van der Waals surface area contributed by atoms with Crippen molar-refractivity contribution in [2.75, 3.05) is 45.8 Å². The summed E-state index contributed by atoms with van der Waals surface area (Å²) in [4.78, 5) is 65.0. The summed E-state index contributed by atoms with van der Waals surface area (Å²) in [6.07, 6.45) is 0.223. The van der Waals surface area contributed by atoms with Crippen molar-refractivity contribution in [1.82, 2.24) is 15.1 Å². The lowest BCUT2D eigenvalue weighted by Gasteiger charge is -2.46. The third-order valence-electron chi connectivity index (χ3n) is 8.19. The fraction of sp³-hybridized carbons (Fsp3) is 0.708. The standard InChI is InChI=1S/C24H36N6O7S/c1-12-19-18(13(2)31)23(35)29(19)20(24(36)37)21(12)38-14-8-15(27-9-14)22(34)28-4-3-6-30(7-5-28,10-16(25)32)11-17(26)33/h12-15,18-19,27,31H,3-11H2,1-2H3,(H4-,25,26,32,33,36,37)/p+1/t12-,13-,14+,15+,18-,19-/m1/s1. The topological polar surface area (TPSA) is 196 Å². The molecule has 4 amide bonds. The SMILES string of the molecule is C[C@@H](O)[C@H]1C(=O)N2C(C(=O)O)=C(S[C@@H]3CN[C@H](C(=O)N4CCC[N+](CC(N)=O)(CC(N)=O)CC4)C3)[C@H](C)[C@H]12. The Bertz CT molecular complexity index is 1050. The molecule has 0 aromatic heterocycles. The second kappa shape index (κ2) is 10.8. The number of carboxylic acids is 1. The van der Waals surface area contributed by atoms with Crippen LogP contribution in [0, 0.1) is 11.8 Å². The van der Waals surface area contributed by atoms with Gasteiger partial charge in [0.2, 0.25) is 11.8 Å². The number of aliphatic hydroxyl groups excluding tert-OH is 1. The number of hydrogen-bond acceptors (Lipinski definition) is 8. The maximum atomic E-state index is 13.4. The van der Waals surface area contributed by atoms with Crippen molar-refractivity contribution in [2.45, 2.75) is 50.1 Å². The van der Waals surface area contributed by atoms with Crippen LogP contribution >= 0.6 is 11.8 Å². The zero-order valence-corrected chi connectivity index (χ0v) is 22.5. The Kier molecular flexibility index (Phi) is 8.07. The number of fused-ring (bicyclic) bond motifs is 1. The number of primary amides is 2. The van der Waals surface area contributed by atoms with Crippen molar-refractivity contribution < 1.29 is 38.7 Å². The molecule has 4 aliphatic heterocycles. The lowest BCUT2D eigenvalue weighted by atomic mass is 9.79. The van der Waals surface area contributed by atoms with Crippen molar-refractivity contribution in [3.63, 3.8) is 0 Å². The normalized spacial score (nSPS) is 31.4. The Morgan fingerprint density at radius 2 is 1.82 bits per heavy atom. The lowest BCUT2D eigenvalue weighted by Crippen LogP contribution is -2.63. The van der Waals surface area contributed by atoms with Gasteiger partial charge in [-0.15, -0.1) is 11.8 Å². The Balaban J connectivity index is 1.40. The van der Waals surface area contributed by atoms with Gasteiger partial charge in [0.15, 0.2) is 13.1 Å². The van der Waals surface area contributed by atoms with Crippen molar-refractivity contribution >= 4 is 41.4 Å². The van der Waals surface area contributed by atoms with Crippen molar-refractivity contribution in [1.29, 1.82) is 0 Å². The first-order valence-electron chi connectivity index (χ1n) is 12.9. The van der Waals surface area contributed by atoms with Crippen LogP contribution < -0.4 is 16.8 Å². The van der Waals surface area contributed by atoms with Gasteiger partial charge in [0.1, 0.15) is 5.70 Å². The van der Waals surface area contributed by atoms with E-state index >= 15 is 0 Å². The predicted octanol–water partition coefficient (Wildman–Crippen LogP) is -2.38. The lowest BCUT2D eigenvalue weighted by molar-refractivity contribution is -0.911. The van der Waals surface area contributed by atoms with Gasteiger partial charge in [0.25, 0.3) is 11.8 Å². The molecule has 3 fully saturated rings. The Labute approximate surface area is 225 Å². The van der Waals surface area contributed by atoms with E-state index in [4.69, 9.17) is 11.5 Å². The molecule has 6 atom stereocenters. The van der Waals surface area contributed by atoms with E-state index in [0.717, 1.165) is 0 Å². The molecule has 0 aromatic rings. The number of rotatable bonds is 9. The van der Waals surface area contributed by atoms with Crippen LogP contribution in [0.5, 0.6) is 0 Å². The largest absolute Gasteiger partial charge is 0.477 e. The number of nitrogens with one attached hydrogen (secondary N) is 1. The van der Waals surface area contributed by atoms with Gasteiger partial charge < -0.3 is 41.3 Å². The number of amides is 4. The zero-order valence-electron chi connectivity index (χ0n) is 21.7. The van der Waals surface area contributed by atoms with Crippen molar-refractivity contribution in [2.24, 2.45) is 23.3 Å². The number of carboxylic acid groups (broad SMARTS) is 1. The van der Waals surface area contributed by atoms with E-state index in [-0.39, 0.29) is 52.3 Å². The Morgan fingerprint density at radius 3 is 2.39 bits per heavy atom. The van der Waals surface area contributed by atoms with E-state index in [9.17, 15) is 34.2 Å². The summed E-state index contributed by atoms with van der Waals surface area (Å²) in [5.41, 5.74) is 10.8. The van der Waals surface area contributed by atoms with Crippen LogP contribution in [0.15, 0.2) is 10.6 Å². The number of thioether (sulfide) groups is 1. The van der Waals surface area contributed by atoms with E-state index in [1.54, 1.807) is 11.8 Å². The van der Waals surface area contributed by atoms with E-state index in [0.29, 0.717) is 50.5 Å². The molecule has 14 heteroatoms. The number of carbonyl (C=O) groups excluding carboxylic acids is 4. The summed E-state index contributed by atoms with van der Waals surface area (Å²) in [7, 11) is 0. The van der Waals surface area contributed by atoms with Gasteiger partial charge in [0, 0.05) is 35.6 Å². The van der Waals surface area contributed by atoms with Crippen LogP contribution in [0.1, 0.15) is 26.7 Å². The van der Waals surface area contributed by atoms with E-state index in [1.807, 2.05) is 6.92 Å². The number of carbonyl (C=O) groups is 5. The summed E-state index contributed by atoms with van der Waals surface area (Å²) in [5, 5.41) is 23.1. The van der Waals surface area contributed by atoms with Gasteiger partial charge in [-0.2, -0.15) is 0 Å². The highest BCUT2D eigenvalue weighted by atomic mass is 32.2. The summed E-state index contributed by atoms with van der Waals surface area (Å²) >= 11 is 1.39. The van der Waals surface area contributed by atoms with Gasteiger partial charge >= 0.3 is 5.97 Å². The van der Waals surface area contributed by atoms with Crippen LogP contribution in [0.3, 0.4) is 0 Å². The molecule has 7 N–H and O–H groups in total. The molecule has 210 valence electrons. The molecular formula is C24H37N6O7S+. The van der Waals surface area contributed by atoms with Crippen LogP contribution in [0.4, 0.5) is 0 Å². The predicted molar refractivity (Wildman–Crippen MR) is 137 cm³/mol. The van der Waals surface area contributed by atoms with Crippen LogP contribution in [-0.4, -0.2) is 123 Å². The first-order valence-corrected chi connectivity index (χ1v) is 13.8. The molecule has 13 nitrogen and oxygen atoms in total. The minimum atomic E-state index is -1.17. The number of aliphatic carboxylic acids is 1. The second-order valence-corrected chi connectivity index (χ2v) is 12.3. The molecule has 0 spiro atoms. The fourth-order valence-electron chi connectivity index (χ4n) is 6.47. The molecule has 0 bridgehead atoms. The molecular weight excluding hydrogens is 516 g/mol. The number of quaternary nitrogens is 1. The van der Waals surface area contributed by atoms with Crippen molar-refractivity contribution in [3.8, 4) is 0 Å². The van der Waals surface area contributed by atoms with E-state index in [1.165, 1.54) is 16.7 Å². The highest BCUT2D eigenvalue weighted by Crippen LogP contribution is 2.51. The highest BCUT2D eigenvalue weighted by Gasteiger charge is 2.60. The number of β-lactam (4-membered cyclic amide) rings is 1. The first-order chi connectivity index (χ1) is 17.8. The van der Waals surface area contributed by atoms with Crippen LogP contribution in [-0.2, 0) is 24.0 Å². The highest BCUT2D eigenvalue weighted by molar-refractivity contribution is 8.03. The van der Waals surface area contributed by atoms with Crippen molar-refractivity contribution in [3.05, 3.63) is 10.6 Å². The third kappa shape index (κ3) is 5.26. The van der Waals surface area contributed by atoms with Gasteiger partial charge in [-0.25, -0.2) is 4.79 Å². The molecule has 0 aromatic carbocycles. The van der Waals surface area contributed by atoms with Crippen LogP contribution in [0.25, 0.3) is 0 Å².